The maximum Gasteiger partial charge on any atom is 0.223 e. The van der Waals surface area contributed by atoms with Gasteiger partial charge in [-0.3, -0.25) is 0 Å². The van der Waals surface area contributed by atoms with E-state index in [-0.39, 0.29) is 0 Å². The quantitative estimate of drug-likeness (QED) is 0.698. The minimum absolute atomic E-state index is 0.292. The summed E-state index contributed by atoms with van der Waals surface area (Å²) in [6.45, 7) is 4.51. The number of hydrogen-bond donors (Lipinski definition) is 1. The highest BCUT2D eigenvalue weighted by atomic mass is 16.5. The maximum atomic E-state index is 11.9. The second-order valence-electron chi connectivity index (χ2n) is 5.43. The molecule has 0 aliphatic carbocycles. The van der Waals surface area contributed by atoms with Crippen LogP contribution in [-0.4, -0.2) is 38.3 Å². The van der Waals surface area contributed by atoms with Gasteiger partial charge in [-0.05, 0) is 19.4 Å². The van der Waals surface area contributed by atoms with E-state index >= 15 is 0 Å². The van der Waals surface area contributed by atoms with E-state index in [2.05, 4.69) is 19.9 Å². The van der Waals surface area contributed by atoms with E-state index in [0.29, 0.717) is 41.7 Å². The largest absolute Gasteiger partial charge is 0.478 e. The summed E-state index contributed by atoms with van der Waals surface area (Å²) in [5.74, 6) is 0.584. The summed E-state index contributed by atoms with van der Waals surface area (Å²) in [4.78, 5) is 16.5. The van der Waals surface area contributed by atoms with E-state index in [1.54, 1.807) is 0 Å². The molecule has 2 aromatic heterocycles. The second-order valence-corrected chi connectivity index (χ2v) is 5.43. The van der Waals surface area contributed by atoms with Gasteiger partial charge in [0, 0.05) is 12.4 Å². The zero-order valence-corrected chi connectivity index (χ0v) is 14.7. The highest BCUT2D eigenvalue weighted by Gasteiger charge is 2.41. The number of hydrogen-bond acceptors (Lipinski definition) is 7. The number of ether oxygens (including phenoxy) is 2. The van der Waals surface area contributed by atoms with Crippen LogP contribution in [0.15, 0.2) is 55.4 Å². The molecule has 0 spiro atoms. The van der Waals surface area contributed by atoms with Gasteiger partial charge < -0.3 is 14.6 Å². The Morgan fingerprint density at radius 2 is 1.35 bits per heavy atom. The van der Waals surface area contributed by atoms with Gasteiger partial charge in [0.15, 0.2) is 5.60 Å². The van der Waals surface area contributed by atoms with Crippen molar-refractivity contribution in [2.24, 2.45) is 0 Å². The van der Waals surface area contributed by atoms with Crippen molar-refractivity contribution in [2.45, 2.75) is 19.4 Å². The number of aromatic nitrogens is 4. The van der Waals surface area contributed by atoms with Gasteiger partial charge in [0.05, 0.1) is 24.3 Å². The molecule has 3 aromatic rings. The van der Waals surface area contributed by atoms with Crippen LogP contribution in [0.4, 0.5) is 0 Å². The van der Waals surface area contributed by atoms with Crippen LogP contribution in [0.1, 0.15) is 30.5 Å². The molecule has 0 saturated heterocycles. The number of aliphatic hydroxyl groups is 1. The summed E-state index contributed by atoms with van der Waals surface area (Å²) in [7, 11) is 0. The molecule has 26 heavy (non-hydrogen) atoms. The molecule has 0 fully saturated rings. The van der Waals surface area contributed by atoms with Crippen molar-refractivity contribution in [2.75, 3.05) is 13.2 Å². The van der Waals surface area contributed by atoms with Gasteiger partial charge in [-0.1, -0.05) is 30.3 Å². The zero-order valence-electron chi connectivity index (χ0n) is 14.7. The summed E-state index contributed by atoms with van der Waals surface area (Å²) in [5.41, 5.74) is -0.252. The molecule has 0 saturated carbocycles. The van der Waals surface area contributed by atoms with Crippen molar-refractivity contribution in [1.29, 1.82) is 0 Å². The third-order valence-corrected chi connectivity index (χ3v) is 3.88. The van der Waals surface area contributed by atoms with Crippen LogP contribution in [0.5, 0.6) is 11.8 Å². The monoisotopic (exact) mass is 352 g/mol. The Hall–Kier alpha value is -3.06. The van der Waals surface area contributed by atoms with Gasteiger partial charge in [-0.15, -0.1) is 0 Å². The Kier molecular flexibility index (Phi) is 5.38. The van der Waals surface area contributed by atoms with Crippen molar-refractivity contribution < 1.29 is 14.6 Å². The van der Waals surface area contributed by atoms with Crippen molar-refractivity contribution in [1.82, 2.24) is 19.9 Å². The fraction of sp³-hybridized carbons (Fsp3) is 0.263. The predicted octanol–water partition coefficient (Wildman–Crippen LogP) is 2.35. The topological polar surface area (TPSA) is 90.3 Å². The molecule has 7 nitrogen and oxygen atoms in total. The van der Waals surface area contributed by atoms with Gasteiger partial charge in [0.1, 0.15) is 12.7 Å². The number of nitrogens with zero attached hydrogens (tertiary/aromatic N) is 4. The Labute approximate surface area is 151 Å². The minimum atomic E-state index is -1.64. The first kappa shape index (κ1) is 17.8. The average Bonchev–Trinajstić information content (AvgIpc) is 2.69. The first-order valence-electron chi connectivity index (χ1n) is 8.36. The van der Waals surface area contributed by atoms with Gasteiger partial charge in [0.2, 0.25) is 11.8 Å². The molecule has 1 aromatic carbocycles. The summed E-state index contributed by atoms with van der Waals surface area (Å²) < 4.78 is 11.3. The predicted molar refractivity (Wildman–Crippen MR) is 94.9 cm³/mol. The van der Waals surface area contributed by atoms with Crippen molar-refractivity contribution in [3.05, 3.63) is 72.1 Å². The van der Waals surface area contributed by atoms with Gasteiger partial charge >= 0.3 is 0 Å². The highest BCUT2D eigenvalue weighted by molar-refractivity contribution is 5.51. The minimum Gasteiger partial charge on any atom is -0.478 e. The Bertz CT molecular complexity index is 809. The van der Waals surface area contributed by atoms with Crippen LogP contribution in [0.25, 0.3) is 0 Å². The third kappa shape index (κ3) is 3.21. The van der Waals surface area contributed by atoms with Crippen LogP contribution >= 0.6 is 0 Å². The van der Waals surface area contributed by atoms with Crippen LogP contribution < -0.4 is 9.47 Å². The maximum absolute atomic E-state index is 11.9. The molecule has 0 aliphatic rings. The molecule has 0 atom stereocenters. The molecule has 1 N–H and O–H groups in total. The standard InChI is InChI=1S/C19H20N4O3/c1-3-25-17-15(10-20-12-22-17)19(24,14-8-6-5-7-9-14)16-11-21-13-23-18(16)26-4-2/h5-13,24H,3-4H2,1-2H3. The summed E-state index contributed by atoms with van der Waals surface area (Å²) in [6, 6.07) is 9.18. The van der Waals surface area contributed by atoms with Crippen molar-refractivity contribution in [3.63, 3.8) is 0 Å². The summed E-state index contributed by atoms with van der Waals surface area (Å²) >= 11 is 0. The van der Waals surface area contributed by atoms with E-state index < -0.39 is 5.60 Å². The lowest BCUT2D eigenvalue weighted by Gasteiger charge is -2.30. The first-order chi connectivity index (χ1) is 12.7. The van der Waals surface area contributed by atoms with Crippen LogP contribution in [0.3, 0.4) is 0 Å². The fourth-order valence-electron chi connectivity index (χ4n) is 2.77. The molecule has 0 aliphatic heterocycles. The van der Waals surface area contributed by atoms with Gasteiger partial charge in [-0.2, -0.15) is 0 Å². The fourth-order valence-corrected chi connectivity index (χ4v) is 2.77. The molecule has 2 heterocycles. The molecule has 134 valence electrons. The molecule has 7 heteroatoms. The van der Waals surface area contributed by atoms with Gasteiger partial charge in [-0.25, -0.2) is 19.9 Å². The van der Waals surface area contributed by atoms with E-state index in [4.69, 9.17) is 9.47 Å². The zero-order chi connectivity index (χ0) is 18.4. The average molecular weight is 352 g/mol. The molecular weight excluding hydrogens is 332 g/mol. The number of rotatable bonds is 7. The Balaban J connectivity index is 2.30. The molecule has 0 unspecified atom stereocenters. The Morgan fingerprint density at radius 3 is 1.81 bits per heavy atom. The van der Waals surface area contributed by atoms with Crippen molar-refractivity contribution in [3.8, 4) is 11.8 Å². The van der Waals surface area contributed by atoms with Gasteiger partial charge in [0.25, 0.3) is 0 Å². The third-order valence-electron chi connectivity index (χ3n) is 3.88. The first-order valence-corrected chi connectivity index (χ1v) is 8.36. The molecular formula is C19H20N4O3. The van der Waals surface area contributed by atoms with E-state index in [1.807, 2.05) is 44.2 Å². The van der Waals surface area contributed by atoms with E-state index in [9.17, 15) is 5.11 Å². The molecule has 0 radical (unpaired) electrons. The van der Waals surface area contributed by atoms with Crippen LogP contribution in [0.2, 0.25) is 0 Å². The SMILES string of the molecule is CCOc1ncncc1C(O)(c1ccccc1)c1cncnc1OCC. The second kappa shape index (κ2) is 7.88. The highest BCUT2D eigenvalue weighted by Crippen LogP contribution is 2.42. The molecule has 0 bridgehead atoms. The van der Waals surface area contributed by atoms with E-state index in [1.165, 1.54) is 25.0 Å². The molecule has 0 amide bonds. The summed E-state index contributed by atoms with van der Waals surface area (Å²) in [5, 5.41) is 11.9. The lowest BCUT2D eigenvalue weighted by atomic mass is 9.82. The lowest BCUT2D eigenvalue weighted by Crippen LogP contribution is -2.31. The number of benzene rings is 1. The van der Waals surface area contributed by atoms with Crippen LogP contribution in [-0.2, 0) is 5.60 Å². The smallest absolute Gasteiger partial charge is 0.223 e. The van der Waals surface area contributed by atoms with E-state index in [0.717, 1.165) is 0 Å². The van der Waals surface area contributed by atoms with Crippen LogP contribution in [0, 0.1) is 0 Å². The Morgan fingerprint density at radius 1 is 0.846 bits per heavy atom. The summed E-state index contributed by atoms with van der Waals surface area (Å²) in [6.07, 6.45) is 5.83. The normalized spacial score (nSPS) is 11.2. The van der Waals surface area contributed by atoms with Crippen molar-refractivity contribution >= 4 is 0 Å². The lowest BCUT2D eigenvalue weighted by molar-refractivity contribution is 0.113. The molecule has 3 rings (SSSR count).